The number of thiocarbonyl (C=S) groups is 1. The maximum absolute atomic E-state index is 12.5. The Morgan fingerprint density at radius 2 is 2.00 bits per heavy atom. The monoisotopic (exact) mass is 326 g/mol. The summed E-state index contributed by atoms with van der Waals surface area (Å²) in [7, 11) is -3.49. The highest BCUT2D eigenvalue weighted by Gasteiger charge is 2.26. The molecule has 0 bridgehead atoms. The number of rotatable bonds is 4. The zero-order chi connectivity index (χ0) is 15.6. The van der Waals surface area contributed by atoms with Crippen molar-refractivity contribution in [2.75, 3.05) is 0 Å². The van der Waals surface area contributed by atoms with Crippen LogP contribution < -0.4 is 10.5 Å². The van der Waals surface area contributed by atoms with E-state index in [0.717, 1.165) is 30.4 Å². The van der Waals surface area contributed by atoms with Gasteiger partial charge < -0.3 is 5.73 Å². The van der Waals surface area contributed by atoms with Gasteiger partial charge in [0.2, 0.25) is 10.0 Å². The van der Waals surface area contributed by atoms with E-state index in [1.807, 2.05) is 6.92 Å². The van der Waals surface area contributed by atoms with Crippen molar-refractivity contribution >= 4 is 27.2 Å². The van der Waals surface area contributed by atoms with Gasteiger partial charge in [0.05, 0.1) is 4.90 Å². The molecule has 0 spiro atoms. The molecule has 3 N–H and O–H groups in total. The highest BCUT2D eigenvalue weighted by atomic mass is 32.2. The first-order valence-corrected chi connectivity index (χ1v) is 9.13. The van der Waals surface area contributed by atoms with Gasteiger partial charge in [-0.2, -0.15) is 0 Å². The summed E-state index contributed by atoms with van der Waals surface area (Å²) in [5.41, 5.74) is 7.10. The number of benzene rings is 1. The van der Waals surface area contributed by atoms with E-state index >= 15 is 0 Å². The van der Waals surface area contributed by atoms with Crippen LogP contribution in [0.3, 0.4) is 0 Å². The van der Waals surface area contributed by atoms with Crippen LogP contribution in [0.5, 0.6) is 0 Å². The molecular formula is C15H22N2O2S2. The van der Waals surface area contributed by atoms with Crippen LogP contribution in [0, 0.1) is 12.8 Å². The van der Waals surface area contributed by atoms with Gasteiger partial charge in [-0.1, -0.05) is 38.0 Å². The van der Waals surface area contributed by atoms with E-state index in [4.69, 9.17) is 18.0 Å². The van der Waals surface area contributed by atoms with Gasteiger partial charge in [-0.15, -0.1) is 0 Å². The highest BCUT2D eigenvalue weighted by molar-refractivity contribution is 7.89. The third kappa shape index (κ3) is 3.81. The highest BCUT2D eigenvalue weighted by Crippen LogP contribution is 2.25. The number of nitrogens with one attached hydrogen (secondary N) is 1. The van der Waals surface area contributed by atoms with Gasteiger partial charge in [0.15, 0.2) is 0 Å². The average molecular weight is 326 g/mol. The van der Waals surface area contributed by atoms with Gasteiger partial charge >= 0.3 is 0 Å². The van der Waals surface area contributed by atoms with Crippen LogP contribution in [0.15, 0.2) is 23.1 Å². The molecule has 2 atom stereocenters. The van der Waals surface area contributed by atoms with Gasteiger partial charge in [0, 0.05) is 11.6 Å². The number of sulfonamides is 1. The molecule has 4 nitrogen and oxygen atoms in total. The van der Waals surface area contributed by atoms with Gasteiger partial charge in [-0.3, -0.25) is 0 Å². The zero-order valence-corrected chi connectivity index (χ0v) is 14.1. The Bertz CT molecular complexity index is 641. The molecule has 1 aromatic rings. The molecule has 116 valence electrons. The Kier molecular flexibility index (Phi) is 5.01. The van der Waals surface area contributed by atoms with Crippen molar-refractivity contribution in [1.29, 1.82) is 0 Å². The minimum absolute atomic E-state index is 0.0271. The van der Waals surface area contributed by atoms with E-state index in [2.05, 4.69) is 11.6 Å². The van der Waals surface area contributed by atoms with Gasteiger partial charge in [-0.25, -0.2) is 13.1 Å². The predicted octanol–water partition coefficient (Wildman–Crippen LogP) is 2.49. The Hall–Kier alpha value is -0.980. The standard InChI is InChI=1S/C15H22N2O2S2/c1-10-5-3-4-6-14(10)17-21(18,19)12-7-8-13(15(16)20)11(2)9-12/h7-10,14,17H,3-6H2,1-2H3,(H2,16,20). The molecule has 0 aromatic heterocycles. The fourth-order valence-corrected chi connectivity index (χ4v) is 4.53. The van der Waals surface area contributed by atoms with Gasteiger partial charge in [-0.05, 0) is 43.4 Å². The van der Waals surface area contributed by atoms with Gasteiger partial charge in [0.25, 0.3) is 0 Å². The summed E-state index contributed by atoms with van der Waals surface area (Å²) >= 11 is 4.95. The van der Waals surface area contributed by atoms with Gasteiger partial charge in [0.1, 0.15) is 4.99 Å². The molecule has 1 fully saturated rings. The Labute approximate surface area is 132 Å². The maximum Gasteiger partial charge on any atom is 0.240 e. The van der Waals surface area contributed by atoms with E-state index in [1.165, 1.54) is 6.42 Å². The normalized spacial score (nSPS) is 23.0. The quantitative estimate of drug-likeness (QED) is 0.834. The van der Waals surface area contributed by atoms with Crippen LogP contribution in [-0.2, 0) is 10.0 Å². The fraction of sp³-hybridized carbons (Fsp3) is 0.533. The first kappa shape index (κ1) is 16.4. The van der Waals surface area contributed by atoms with Crippen LogP contribution in [0.4, 0.5) is 0 Å². The number of nitrogens with two attached hydrogens (primary N) is 1. The van der Waals surface area contributed by atoms with E-state index in [9.17, 15) is 8.42 Å². The number of hydrogen-bond donors (Lipinski definition) is 2. The molecule has 2 unspecified atom stereocenters. The van der Waals surface area contributed by atoms with Crippen molar-refractivity contribution in [3.63, 3.8) is 0 Å². The van der Waals surface area contributed by atoms with Crippen molar-refractivity contribution in [1.82, 2.24) is 4.72 Å². The van der Waals surface area contributed by atoms with Crippen molar-refractivity contribution in [3.05, 3.63) is 29.3 Å². The summed E-state index contributed by atoms with van der Waals surface area (Å²) in [5, 5.41) is 0. The minimum atomic E-state index is -3.49. The maximum atomic E-state index is 12.5. The SMILES string of the molecule is Cc1cc(S(=O)(=O)NC2CCCCC2C)ccc1C(N)=S. The second-order valence-electron chi connectivity index (χ2n) is 5.83. The smallest absolute Gasteiger partial charge is 0.240 e. The molecule has 6 heteroatoms. The van der Waals surface area contributed by atoms with Crippen molar-refractivity contribution in [2.45, 2.75) is 50.5 Å². The number of hydrogen-bond acceptors (Lipinski definition) is 3. The molecule has 21 heavy (non-hydrogen) atoms. The van der Waals surface area contributed by atoms with Crippen LogP contribution in [0.1, 0.15) is 43.7 Å². The largest absolute Gasteiger partial charge is 0.389 e. The molecular weight excluding hydrogens is 304 g/mol. The molecule has 0 aliphatic heterocycles. The summed E-state index contributed by atoms with van der Waals surface area (Å²) in [6.07, 6.45) is 4.25. The Morgan fingerprint density at radius 1 is 1.33 bits per heavy atom. The molecule has 0 amide bonds. The minimum Gasteiger partial charge on any atom is -0.389 e. The average Bonchev–Trinajstić information content (AvgIpc) is 2.40. The fourth-order valence-electron chi connectivity index (χ4n) is 2.84. The summed E-state index contributed by atoms with van der Waals surface area (Å²) in [6.45, 7) is 3.92. The molecule has 1 aliphatic carbocycles. The van der Waals surface area contributed by atoms with Crippen molar-refractivity contribution < 1.29 is 8.42 Å². The molecule has 0 heterocycles. The lowest BCUT2D eigenvalue weighted by atomic mass is 9.87. The molecule has 0 saturated heterocycles. The molecule has 2 rings (SSSR count). The topological polar surface area (TPSA) is 72.2 Å². The van der Waals surface area contributed by atoms with E-state index < -0.39 is 10.0 Å². The van der Waals surface area contributed by atoms with Crippen LogP contribution in [0.25, 0.3) is 0 Å². The summed E-state index contributed by atoms with van der Waals surface area (Å²) in [5.74, 6) is 0.380. The van der Waals surface area contributed by atoms with Crippen LogP contribution in [-0.4, -0.2) is 19.4 Å². The lowest BCUT2D eigenvalue weighted by molar-refractivity contribution is 0.310. The summed E-state index contributed by atoms with van der Waals surface area (Å²) < 4.78 is 27.9. The van der Waals surface area contributed by atoms with Crippen molar-refractivity contribution in [3.8, 4) is 0 Å². The molecule has 1 aromatic carbocycles. The second kappa shape index (κ2) is 6.42. The van der Waals surface area contributed by atoms with E-state index in [1.54, 1.807) is 18.2 Å². The lowest BCUT2D eigenvalue weighted by Crippen LogP contribution is -2.41. The first-order valence-electron chi connectivity index (χ1n) is 7.24. The zero-order valence-electron chi connectivity index (χ0n) is 12.4. The lowest BCUT2D eigenvalue weighted by Gasteiger charge is -2.29. The van der Waals surface area contributed by atoms with Crippen molar-refractivity contribution in [2.24, 2.45) is 11.7 Å². The van der Waals surface area contributed by atoms with Crippen LogP contribution in [0.2, 0.25) is 0 Å². The predicted molar refractivity (Wildman–Crippen MR) is 88.8 cm³/mol. The Morgan fingerprint density at radius 3 is 2.57 bits per heavy atom. The van der Waals surface area contributed by atoms with Crippen LogP contribution >= 0.6 is 12.2 Å². The summed E-state index contributed by atoms with van der Waals surface area (Å²) in [4.78, 5) is 0.558. The number of aryl methyl sites for hydroxylation is 1. The molecule has 1 aliphatic rings. The Balaban J connectivity index is 2.23. The van der Waals surface area contributed by atoms with E-state index in [0.29, 0.717) is 5.92 Å². The first-order chi connectivity index (χ1) is 9.81. The van der Waals surface area contributed by atoms with E-state index in [-0.39, 0.29) is 15.9 Å². The second-order valence-corrected chi connectivity index (χ2v) is 7.98. The molecule has 0 radical (unpaired) electrons. The third-order valence-corrected chi connectivity index (χ3v) is 5.90. The third-order valence-electron chi connectivity index (χ3n) is 4.19. The summed E-state index contributed by atoms with van der Waals surface area (Å²) in [6, 6.07) is 4.90. The molecule has 1 saturated carbocycles.